The molecule has 1 spiro atoms. The van der Waals surface area contributed by atoms with E-state index in [1.165, 1.54) is 6.07 Å². The predicted octanol–water partition coefficient (Wildman–Crippen LogP) is 3.75. The van der Waals surface area contributed by atoms with E-state index < -0.39 is 23.2 Å². The quantitative estimate of drug-likeness (QED) is 0.495. The number of hydrogen-bond donors (Lipinski definition) is 2. The summed E-state index contributed by atoms with van der Waals surface area (Å²) in [4.78, 5) is 35.7. The molecule has 6 rings (SSSR count). The topological polar surface area (TPSA) is 80.9 Å². The average molecular weight is 564 g/mol. The van der Waals surface area contributed by atoms with Gasteiger partial charge in [0.15, 0.2) is 0 Å². The maximum Gasteiger partial charge on any atom is 0.320 e. The second kappa shape index (κ2) is 11.3. The molecule has 3 saturated heterocycles. The van der Waals surface area contributed by atoms with Crippen LogP contribution in [0.4, 0.5) is 13.6 Å². The molecular weight excluding hydrogens is 528 g/mol. The molecule has 2 amide bonds. The van der Waals surface area contributed by atoms with Gasteiger partial charge in [0.25, 0.3) is 5.56 Å². The van der Waals surface area contributed by atoms with Gasteiger partial charge in [0.1, 0.15) is 11.6 Å². The lowest BCUT2D eigenvalue weighted by Gasteiger charge is -2.56. The van der Waals surface area contributed by atoms with Gasteiger partial charge in [0.05, 0.1) is 24.8 Å². The first kappa shape index (κ1) is 27.6. The summed E-state index contributed by atoms with van der Waals surface area (Å²) in [6, 6.07) is 16.3. The summed E-state index contributed by atoms with van der Waals surface area (Å²) in [6.07, 6.45) is 1.23. The maximum absolute atomic E-state index is 14.9. The van der Waals surface area contributed by atoms with Crippen LogP contribution in [0.3, 0.4) is 0 Å². The first-order valence-electron chi connectivity index (χ1n) is 14.1. The van der Waals surface area contributed by atoms with Crippen molar-refractivity contribution >= 4 is 6.03 Å². The van der Waals surface area contributed by atoms with Crippen LogP contribution in [0.1, 0.15) is 30.0 Å². The van der Waals surface area contributed by atoms with Gasteiger partial charge < -0.3 is 24.8 Å². The fraction of sp³-hybridized carbons (Fsp3) is 0.419. The number of urea groups is 1. The molecule has 1 aromatic heterocycles. The van der Waals surface area contributed by atoms with E-state index in [9.17, 15) is 18.4 Å². The lowest BCUT2D eigenvalue weighted by atomic mass is 9.90. The van der Waals surface area contributed by atoms with Gasteiger partial charge in [0, 0.05) is 55.6 Å². The van der Waals surface area contributed by atoms with Crippen molar-refractivity contribution in [3.05, 3.63) is 93.8 Å². The molecule has 3 aromatic rings. The molecule has 0 bridgehead atoms. The van der Waals surface area contributed by atoms with E-state index in [1.807, 2.05) is 54.4 Å². The lowest BCUT2D eigenvalue weighted by molar-refractivity contribution is -0.168. The third-order valence-electron chi connectivity index (χ3n) is 8.82. The first-order valence-corrected chi connectivity index (χ1v) is 14.1. The van der Waals surface area contributed by atoms with Gasteiger partial charge in [0.2, 0.25) is 0 Å². The molecule has 2 aromatic carbocycles. The smallest absolute Gasteiger partial charge is 0.320 e. The number of H-pyrrole nitrogens is 1. The van der Waals surface area contributed by atoms with Crippen LogP contribution in [0.15, 0.2) is 65.5 Å². The number of amides is 2. The van der Waals surface area contributed by atoms with Crippen molar-refractivity contribution in [2.24, 2.45) is 0 Å². The number of aromatic nitrogens is 1. The minimum absolute atomic E-state index is 0.0984. The number of rotatable bonds is 5. The minimum Gasteiger partial charge on any atom is -0.377 e. The summed E-state index contributed by atoms with van der Waals surface area (Å²) < 4.78 is 34.6. The summed E-state index contributed by atoms with van der Waals surface area (Å²) in [7, 11) is 1.85. The highest BCUT2D eigenvalue weighted by atomic mass is 19.1. The molecular formula is C31H35F2N5O3. The van der Waals surface area contributed by atoms with Gasteiger partial charge in [-0.25, -0.2) is 13.6 Å². The van der Waals surface area contributed by atoms with Crippen molar-refractivity contribution < 1.29 is 18.3 Å². The van der Waals surface area contributed by atoms with Crippen molar-refractivity contribution in [2.75, 3.05) is 46.4 Å². The van der Waals surface area contributed by atoms with Gasteiger partial charge in [-0.15, -0.1) is 0 Å². The number of halogens is 2. The Bertz CT molecular complexity index is 1460. The third kappa shape index (κ3) is 5.39. The highest BCUT2D eigenvalue weighted by molar-refractivity contribution is 5.75. The maximum atomic E-state index is 14.9. The number of hydrogen-bond acceptors (Lipinski definition) is 5. The van der Waals surface area contributed by atoms with Crippen molar-refractivity contribution in [2.45, 2.75) is 37.0 Å². The number of nitrogens with zero attached hydrogens (tertiary/aromatic N) is 3. The Morgan fingerprint density at radius 2 is 1.88 bits per heavy atom. The molecule has 2 atom stereocenters. The number of carbonyl (C=O) groups excluding carboxylic acids is 1. The van der Waals surface area contributed by atoms with E-state index >= 15 is 0 Å². The zero-order valence-electron chi connectivity index (χ0n) is 23.1. The number of pyridine rings is 1. The van der Waals surface area contributed by atoms with E-state index in [0.717, 1.165) is 29.8 Å². The number of ether oxygens (including phenoxy) is 1. The molecule has 10 heteroatoms. The SMILES string of the molecule is CN[C@@H]1CCN(C(=O)N2CCN(Cc3ccc(-c4ccccc4)[nH]c3=O)C3(COC3)C2)[C@H](c2cc(F)ccc2F)C1. The fourth-order valence-corrected chi connectivity index (χ4v) is 6.36. The molecule has 0 saturated carbocycles. The average Bonchev–Trinajstić information content (AvgIpc) is 2.98. The van der Waals surface area contributed by atoms with Crippen LogP contribution in [0.2, 0.25) is 0 Å². The molecule has 216 valence electrons. The van der Waals surface area contributed by atoms with E-state index in [0.29, 0.717) is 57.9 Å². The molecule has 3 aliphatic heterocycles. The summed E-state index contributed by atoms with van der Waals surface area (Å²) in [5.74, 6) is -1.03. The largest absolute Gasteiger partial charge is 0.377 e. The second-order valence-electron chi connectivity index (χ2n) is 11.3. The standard InChI is InChI=1S/C31H35F2N5O3/c1-34-24-11-12-38(28(16-24)25-15-23(32)8-9-26(25)33)30(40)36-13-14-37(31(18-36)19-41-20-31)17-22-7-10-27(35-29(22)39)21-5-3-2-4-6-21/h2-10,15,24,28,34H,11-14,16-20H2,1H3,(H,35,39)/t24-,28+/m1/s1. The van der Waals surface area contributed by atoms with Gasteiger partial charge >= 0.3 is 6.03 Å². The molecule has 3 fully saturated rings. The zero-order chi connectivity index (χ0) is 28.6. The molecule has 0 aliphatic carbocycles. The molecule has 0 radical (unpaired) electrons. The summed E-state index contributed by atoms with van der Waals surface area (Å²) in [5.41, 5.74) is 2.04. The van der Waals surface area contributed by atoms with Gasteiger partial charge in [-0.05, 0) is 49.7 Å². The Kier molecular flexibility index (Phi) is 7.63. The van der Waals surface area contributed by atoms with Crippen molar-refractivity contribution in [3.8, 4) is 11.3 Å². The molecule has 41 heavy (non-hydrogen) atoms. The second-order valence-corrected chi connectivity index (χ2v) is 11.3. The molecule has 4 heterocycles. The van der Waals surface area contributed by atoms with Crippen LogP contribution in [0.25, 0.3) is 11.3 Å². The highest BCUT2D eigenvalue weighted by Crippen LogP contribution is 2.36. The summed E-state index contributed by atoms with van der Waals surface area (Å²) >= 11 is 0. The van der Waals surface area contributed by atoms with E-state index in [1.54, 1.807) is 4.90 Å². The number of piperidine rings is 1. The molecule has 2 N–H and O–H groups in total. The monoisotopic (exact) mass is 563 g/mol. The molecule has 8 nitrogen and oxygen atoms in total. The van der Waals surface area contributed by atoms with E-state index in [2.05, 4.69) is 15.2 Å². The van der Waals surface area contributed by atoms with Gasteiger partial charge in [-0.1, -0.05) is 36.4 Å². The first-order chi connectivity index (χ1) is 19.9. The van der Waals surface area contributed by atoms with Gasteiger partial charge in [-0.3, -0.25) is 9.69 Å². The Morgan fingerprint density at radius 3 is 2.59 bits per heavy atom. The Hall–Kier alpha value is -3.60. The third-order valence-corrected chi connectivity index (χ3v) is 8.82. The summed E-state index contributed by atoms with van der Waals surface area (Å²) in [5, 5.41) is 3.24. The Morgan fingerprint density at radius 1 is 1.07 bits per heavy atom. The van der Waals surface area contributed by atoms with Crippen LogP contribution >= 0.6 is 0 Å². The molecule has 3 aliphatic rings. The van der Waals surface area contributed by atoms with E-state index in [4.69, 9.17) is 4.74 Å². The van der Waals surface area contributed by atoms with E-state index in [-0.39, 0.29) is 23.2 Å². The zero-order valence-corrected chi connectivity index (χ0v) is 23.1. The van der Waals surface area contributed by atoms with Crippen molar-refractivity contribution in [3.63, 3.8) is 0 Å². The Balaban J connectivity index is 1.19. The van der Waals surface area contributed by atoms with Crippen LogP contribution in [0.5, 0.6) is 0 Å². The fourth-order valence-electron chi connectivity index (χ4n) is 6.36. The van der Waals surface area contributed by atoms with Crippen LogP contribution in [0, 0.1) is 11.6 Å². The number of piperazine rings is 1. The summed E-state index contributed by atoms with van der Waals surface area (Å²) in [6.45, 7) is 3.28. The van der Waals surface area contributed by atoms with Crippen LogP contribution in [-0.4, -0.2) is 83.7 Å². The van der Waals surface area contributed by atoms with Gasteiger partial charge in [-0.2, -0.15) is 0 Å². The minimum atomic E-state index is -0.572. The van der Waals surface area contributed by atoms with Crippen LogP contribution in [-0.2, 0) is 11.3 Å². The normalized spacial score (nSPS) is 22.5. The van der Waals surface area contributed by atoms with Crippen LogP contribution < -0.4 is 10.9 Å². The number of benzene rings is 2. The Labute approximate surface area is 237 Å². The highest BCUT2D eigenvalue weighted by Gasteiger charge is 2.50. The predicted molar refractivity (Wildman–Crippen MR) is 151 cm³/mol. The number of likely N-dealkylation sites (tertiary alicyclic amines) is 1. The molecule has 0 unspecified atom stereocenters. The number of nitrogens with one attached hydrogen (secondary N) is 2. The lowest BCUT2D eigenvalue weighted by Crippen LogP contribution is -2.72. The number of aromatic amines is 1. The van der Waals surface area contributed by atoms with Crippen molar-refractivity contribution in [1.82, 2.24) is 25.0 Å². The number of carbonyl (C=O) groups is 1. The van der Waals surface area contributed by atoms with Crippen molar-refractivity contribution in [1.29, 1.82) is 0 Å².